The van der Waals surface area contributed by atoms with E-state index >= 15 is 4.79 Å². The molecule has 4 aromatic carbocycles. The van der Waals surface area contributed by atoms with Gasteiger partial charge in [-0.25, -0.2) is 9.78 Å². The molecular weight excluding hydrogens is 703 g/mol. The quantitative estimate of drug-likeness (QED) is 0.188. The molecule has 54 heavy (non-hydrogen) atoms. The predicted octanol–water partition coefficient (Wildman–Crippen LogP) is 6.74. The van der Waals surface area contributed by atoms with E-state index in [-0.39, 0.29) is 35.2 Å². The van der Waals surface area contributed by atoms with Crippen LogP contribution in [0.2, 0.25) is 0 Å². The van der Waals surface area contributed by atoms with Crippen molar-refractivity contribution in [3.63, 3.8) is 0 Å². The molecule has 1 saturated heterocycles. The van der Waals surface area contributed by atoms with Crippen LogP contribution in [0.3, 0.4) is 0 Å². The number of rotatable bonds is 7. The molecule has 0 unspecified atom stereocenters. The number of carboxylic acid groups (broad SMARTS) is 1. The summed E-state index contributed by atoms with van der Waals surface area (Å²) in [5.74, 6) is -0.400. The number of aromatic hydroxyl groups is 1. The number of phenolic OH excluding ortho intramolecular Hbond substituents is 1. The Labute approximate surface area is 317 Å². The molecule has 3 amide bonds. The van der Waals surface area contributed by atoms with E-state index in [1.54, 1.807) is 29.2 Å². The van der Waals surface area contributed by atoms with Gasteiger partial charge >= 0.3 is 6.09 Å². The van der Waals surface area contributed by atoms with Crippen molar-refractivity contribution in [2.75, 3.05) is 44.3 Å². The summed E-state index contributed by atoms with van der Waals surface area (Å²) in [7, 11) is 0. The SMILES string of the molecule is Cc1sc(C(=O)N(c2ccccc2)c2ccc(O)cc2)nc1-c1cc2c(cc1C(=O)N1Cc3ccccc3C[C@H]1CN1CCOCC1)CN(C(=O)O)CC2. The Hall–Kier alpha value is -5.56. The van der Waals surface area contributed by atoms with E-state index in [0.29, 0.717) is 73.9 Å². The lowest BCUT2D eigenvalue weighted by Gasteiger charge is -2.41. The van der Waals surface area contributed by atoms with Gasteiger partial charge in [0.1, 0.15) is 5.75 Å². The number of anilines is 2. The number of ether oxygens (including phenoxy) is 1. The Bertz CT molecular complexity index is 2200. The summed E-state index contributed by atoms with van der Waals surface area (Å²) in [5.41, 5.74) is 6.94. The molecular formula is C42H41N5O6S. The Morgan fingerprint density at radius 2 is 1.56 bits per heavy atom. The molecule has 11 nitrogen and oxygen atoms in total. The van der Waals surface area contributed by atoms with Crippen LogP contribution in [0.25, 0.3) is 11.3 Å². The Balaban J connectivity index is 1.21. The molecule has 12 heteroatoms. The number of phenols is 1. The number of carbonyl (C=O) groups excluding carboxylic acids is 2. The zero-order valence-corrected chi connectivity index (χ0v) is 30.8. The smallest absolute Gasteiger partial charge is 0.407 e. The summed E-state index contributed by atoms with van der Waals surface area (Å²) in [6.07, 6.45) is 0.219. The molecule has 5 aromatic rings. The Morgan fingerprint density at radius 3 is 2.30 bits per heavy atom. The van der Waals surface area contributed by atoms with Gasteiger partial charge in [-0.3, -0.25) is 19.4 Å². The molecule has 0 aliphatic carbocycles. The van der Waals surface area contributed by atoms with Crippen molar-refractivity contribution in [2.45, 2.75) is 38.9 Å². The molecule has 0 radical (unpaired) electrons. The number of amides is 3. The number of carbonyl (C=O) groups is 3. The van der Waals surface area contributed by atoms with Gasteiger partial charge in [0.25, 0.3) is 11.8 Å². The number of thiazole rings is 1. The third-order valence-electron chi connectivity index (χ3n) is 10.6. The van der Waals surface area contributed by atoms with E-state index in [4.69, 9.17) is 9.72 Å². The predicted molar refractivity (Wildman–Crippen MR) is 207 cm³/mol. The highest BCUT2D eigenvalue weighted by atomic mass is 32.1. The van der Waals surface area contributed by atoms with Crippen molar-refractivity contribution >= 4 is 40.6 Å². The zero-order chi connectivity index (χ0) is 37.3. The lowest BCUT2D eigenvalue weighted by molar-refractivity contribution is 0.0193. The number of benzene rings is 4. The molecule has 2 N–H and O–H groups in total. The number of aromatic nitrogens is 1. The minimum absolute atomic E-state index is 0.0899. The monoisotopic (exact) mass is 743 g/mol. The van der Waals surface area contributed by atoms with Gasteiger partial charge in [-0.15, -0.1) is 11.3 Å². The number of hydrogen-bond donors (Lipinski definition) is 2. The average Bonchev–Trinajstić information content (AvgIpc) is 3.59. The number of aryl methyl sites for hydroxylation is 1. The van der Waals surface area contributed by atoms with Gasteiger partial charge in [0.15, 0.2) is 5.01 Å². The van der Waals surface area contributed by atoms with Gasteiger partial charge in [0.05, 0.1) is 18.9 Å². The van der Waals surface area contributed by atoms with Crippen molar-refractivity contribution in [1.29, 1.82) is 0 Å². The van der Waals surface area contributed by atoms with Crippen LogP contribution in [0.5, 0.6) is 5.75 Å². The summed E-state index contributed by atoms with van der Waals surface area (Å²) in [5, 5.41) is 20.1. The highest BCUT2D eigenvalue weighted by molar-refractivity contribution is 7.14. The van der Waals surface area contributed by atoms with Gasteiger partial charge in [0, 0.05) is 72.7 Å². The maximum absolute atomic E-state index is 15.1. The van der Waals surface area contributed by atoms with Gasteiger partial charge in [-0.2, -0.15) is 0 Å². The van der Waals surface area contributed by atoms with Crippen LogP contribution in [-0.2, 0) is 30.7 Å². The van der Waals surface area contributed by atoms with Gasteiger partial charge in [-0.1, -0.05) is 42.5 Å². The van der Waals surface area contributed by atoms with Gasteiger partial charge < -0.3 is 24.7 Å². The fourth-order valence-corrected chi connectivity index (χ4v) is 8.62. The third-order valence-corrected chi connectivity index (χ3v) is 11.6. The number of fused-ring (bicyclic) bond motifs is 2. The molecule has 3 aliphatic rings. The largest absolute Gasteiger partial charge is 0.508 e. The molecule has 8 rings (SSSR count). The molecule has 0 spiro atoms. The van der Waals surface area contributed by atoms with E-state index in [9.17, 15) is 19.8 Å². The van der Waals surface area contributed by atoms with E-state index in [1.165, 1.54) is 21.8 Å². The average molecular weight is 744 g/mol. The molecule has 1 atom stereocenters. The molecule has 0 bridgehead atoms. The van der Waals surface area contributed by atoms with Crippen LogP contribution in [-0.4, -0.2) is 93.2 Å². The van der Waals surface area contributed by atoms with Crippen LogP contribution in [0.4, 0.5) is 16.2 Å². The Morgan fingerprint density at radius 1 is 0.852 bits per heavy atom. The second kappa shape index (κ2) is 15.1. The van der Waals surface area contributed by atoms with Crippen LogP contribution in [0.15, 0.2) is 91.0 Å². The first kappa shape index (κ1) is 35.5. The highest BCUT2D eigenvalue weighted by Crippen LogP contribution is 2.38. The lowest BCUT2D eigenvalue weighted by atomic mass is 9.89. The maximum Gasteiger partial charge on any atom is 0.407 e. The second-order valence-electron chi connectivity index (χ2n) is 14.0. The minimum atomic E-state index is -0.995. The van der Waals surface area contributed by atoms with E-state index in [0.717, 1.165) is 34.7 Å². The second-order valence-corrected chi connectivity index (χ2v) is 15.2. The van der Waals surface area contributed by atoms with Crippen LogP contribution in [0, 0.1) is 6.92 Å². The molecule has 276 valence electrons. The summed E-state index contributed by atoms with van der Waals surface area (Å²) >= 11 is 1.27. The fourth-order valence-electron chi connectivity index (χ4n) is 7.77. The molecule has 4 heterocycles. The van der Waals surface area contributed by atoms with Crippen molar-refractivity contribution in [1.82, 2.24) is 19.7 Å². The van der Waals surface area contributed by atoms with Crippen molar-refractivity contribution in [2.24, 2.45) is 0 Å². The standard InChI is InChI=1S/C42H41N5O6S/c1-27-38(43-39(54-27)41(50)47(32-9-3-2-4-10-32)33-11-13-35(48)14-12-33)36-22-29-15-16-45(42(51)52)24-31(29)23-37(36)40(49)46-25-30-8-6-5-7-28(30)21-34(46)26-44-17-19-53-20-18-44/h2-14,22-23,34,48H,15-21,24-26H2,1H3,(H,51,52)/t34-/m0/s1. The first-order valence-corrected chi connectivity index (χ1v) is 19.0. The maximum atomic E-state index is 15.1. The molecule has 3 aliphatic heterocycles. The van der Waals surface area contributed by atoms with Crippen LogP contribution in [0.1, 0.15) is 47.3 Å². The molecule has 1 aromatic heterocycles. The topological polar surface area (TPSA) is 127 Å². The number of hydrogen-bond acceptors (Lipinski definition) is 8. The Kier molecular flexibility index (Phi) is 9.89. The summed E-state index contributed by atoms with van der Waals surface area (Å²) in [4.78, 5) is 54.7. The van der Waals surface area contributed by atoms with Crippen molar-refractivity contribution in [3.8, 4) is 17.0 Å². The fraction of sp³-hybridized carbons (Fsp3) is 0.286. The number of para-hydroxylation sites is 1. The highest BCUT2D eigenvalue weighted by Gasteiger charge is 2.35. The van der Waals surface area contributed by atoms with E-state index in [2.05, 4.69) is 17.0 Å². The normalized spacial score (nSPS) is 17.1. The van der Waals surface area contributed by atoms with E-state index < -0.39 is 6.09 Å². The van der Waals surface area contributed by atoms with Crippen molar-refractivity contribution in [3.05, 3.63) is 129 Å². The van der Waals surface area contributed by atoms with Crippen molar-refractivity contribution < 1.29 is 29.3 Å². The van der Waals surface area contributed by atoms with Gasteiger partial charge in [-0.05, 0) is 90.6 Å². The first-order chi connectivity index (χ1) is 26.2. The summed E-state index contributed by atoms with van der Waals surface area (Å²) in [6.45, 7) is 6.51. The third kappa shape index (κ3) is 7.07. The van der Waals surface area contributed by atoms with E-state index in [1.807, 2.05) is 66.4 Å². The first-order valence-electron chi connectivity index (χ1n) is 18.2. The molecule has 1 fully saturated rings. The number of morpholine rings is 1. The minimum Gasteiger partial charge on any atom is -0.508 e. The lowest BCUT2D eigenvalue weighted by Crippen LogP contribution is -2.52. The summed E-state index contributed by atoms with van der Waals surface area (Å²) < 4.78 is 5.62. The van der Waals surface area contributed by atoms with Crippen LogP contribution >= 0.6 is 11.3 Å². The van der Waals surface area contributed by atoms with Gasteiger partial charge in [0.2, 0.25) is 0 Å². The number of nitrogens with zero attached hydrogens (tertiary/aromatic N) is 5. The van der Waals surface area contributed by atoms with Crippen LogP contribution < -0.4 is 4.90 Å². The zero-order valence-electron chi connectivity index (χ0n) is 30.0. The molecule has 0 saturated carbocycles. The summed E-state index contributed by atoms with van der Waals surface area (Å²) in [6, 6.07) is 27.8.